The van der Waals surface area contributed by atoms with Crippen LogP contribution in [0.15, 0.2) is 11.8 Å². The molecule has 2 unspecified atom stereocenters. The van der Waals surface area contributed by atoms with Gasteiger partial charge in [-0.2, -0.15) is 0 Å². The van der Waals surface area contributed by atoms with Gasteiger partial charge in [0.05, 0.1) is 17.4 Å². The van der Waals surface area contributed by atoms with Crippen molar-refractivity contribution in [3.63, 3.8) is 0 Å². The van der Waals surface area contributed by atoms with Gasteiger partial charge in [-0.1, -0.05) is 0 Å². The molecule has 0 saturated carbocycles. The highest BCUT2D eigenvalue weighted by Gasteiger charge is 2.28. The fraction of sp³-hybridized carbons (Fsp3) is 0.667. The first-order valence-corrected chi connectivity index (χ1v) is 3.27. The molecule has 4 nitrogen and oxygen atoms in total. The number of hydrogen-bond donors (Lipinski definition) is 1. The summed E-state index contributed by atoms with van der Waals surface area (Å²) in [7, 11) is 0. The number of nitrogens with zero attached hydrogens (tertiary/aromatic N) is 1. The van der Waals surface area contributed by atoms with Gasteiger partial charge in [-0.3, -0.25) is 10.1 Å². The maximum Gasteiger partial charge on any atom is 0.245 e. The Morgan fingerprint density at radius 3 is 2.91 bits per heavy atom. The van der Waals surface area contributed by atoms with Crippen LogP contribution in [-0.2, 0) is 0 Å². The summed E-state index contributed by atoms with van der Waals surface area (Å²) in [6.07, 6.45) is -1.54. The molecular formula is C6H8FNO3. The molecule has 0 aliphatic heterocycles. The molecule has 0 heterocycles. The first kappa shape index (κ1) is 8.13. The van der Waals surface area contributed by atoms with Gasteiger partial charge in [0.15, 0.2) is 0 Å². The standard InChI is InChI=1S/C6H8FNO3/c7-5-3-4(8(10)11)1-2-6(5)9/h1,5-6,9H,2-3H2. The molecule has 0 saturated heterocycles. The highest BCUT2D eigenvalue weighted by molar-refractivity contribution is 5.02. The number of allylic oxidation sites excluding steroid dienone is 1. The Labute approximate surface area is 62.5 Å². The van der Waals surface area contributed by atoms with Crippen LogP contribution in [0.1, 0.15) is 12.8 Å². The Kier molecular flexibility index (Phi) is 2.19. The molecule has 1 N–H and O–H groups in total. The average molecular weight is 161 g/mol. The average Bonchev–Trinajstić information content (AvgIpc) is 1.94. The SMILES string of the molecule is O=[N+]([O-])C1=CCC(O)C(F)C1. The molecule has 0 aromatic rings. The molecule has 0 radical (unpaired) electrons. The number of aliphatic hydroxyl groups excluding tert-OH is 1. The minimum Gasteiger partial charge on any atom is -0.390 e. The van der Waals surface area contributed by atoms with E-state index in [1.165, 1.54) is 6.08 Å². The predicted molar refractivity (Wildman–Crippen MR) is 35.2 cm³/mol. The third-order valence-corrected chi connectivity index (χ3v) is 1.65. The van der Waals surface area contributed by atoms with Gasteiger partial charge in [0.25, 0.3) is 0 Å². The van der Waals surface area contributed by atoms with E-state index in [0.717, 1.165) is 0 Å². The normalized spacial score (nSPS) is 31.3. The van der Waals surface area contributed by atoms with E-state index in [0.29, 0.717) is 0 Å². The summed E-state index contributed by atoms with van der Waals surface area (Å²) in [6, 6.07) is 0. The van der Waals surface area contributed by atoms with Crippen molar-refractivity contribution in [1.82, 2.24) is 0 Å². The second kappa shape index (κ2) is 2.96. The molecule has 62 valence electrons. The first-order valence-electron chi connectivity index (χ1n) is 3.27. The molecule has 1 aliphatic rings. The van der Waals surface area contributed by atoms with Crippen molar-refractivity contribution in [3.8, 4) is 0 Å². The summed E-state index contributed by atoms with van der Waals surface area (Å²) in [5, 5.41) is 18.9. The maximum atomic E-state index is 12.6. The summed E-state index contributed by atoms with van der Waals surface area (Å²) in [5.41, 5.74) is -0.136. The summed E-state index contributed by atoms with van der Waals surface area (Å²) >= 11 is 0. The summed E-state index contributed by atoms with van der Waals surface area (Å²) in [6.45, 7) is 0. The summed E-state index contributed by atoms with van der Waals surface area (Å²) in [5.74, 6) is 0. The van der Waals surface area contributed by atoms with E-state index in [4.69, 9.17) is 5.11 Å². The Balaban J connectivity index is 2.66. The fourth-order valence-electron chi connectivity index (χ4n) is 0.973. The van der Waals surface area contributed by atoms with Crippen LogP contribution in [0.4, 0.5) is 4.39 Å². The number of hydrogen-bond acceptors (Lipinski definition) is 3. The number of nitro groups is 1. The van der Waals surface area contributed by atoms with Gasteiger partial charge in [-0.05, 0) is 6.08 Å². The summed E-state index contributed by atoms with van der Waals surface area (Å²) < 4.78 is 12.6. The molecule has 0 fully saturated rings. The maximum absolute atomic E-state index is 12.6. The molecule has 1 aliphatic carbocycles. The van der Waals surface area contributed by atoms with Gasteiger partial charge in [-0.15, -0.1) is 0 Å². The number of alkyl halides is 1. The Hall–Kier alpha value is -0.970. The minimum atomic E-state index is -1.49. The zero-order valence-electron chi connectivity index (χ0n) is 5.74. The van der Waals surface area contributed by atoms with E-state index in [2.05, 4.69) is 0 Å². The van der Waals surface area contributed by atoms with Crippen LogP contribution < -0.4 is 0 Å². The molecule has 0 aromatic carbocycles. The van der Waals surface area contributed by atoms with Crippen LogP contribution in [0.2, 0.25) is 0 Å². The molecule has 2 atom stereocenters. The van der Waals surface area contributed by atoms with Gasteiger partial charge >= 0.3 is 0 Å². The van der Waals surface area contributed by atoms with Crippen LogP contribution in [-0.4, -0.2) is 22.3 Å². The van der Waals surface area contributed by atoms with Crippen molar-refractivity contribution in [2.24, 2.45) is 0 Å². The van der Waals surface area contributed by atoms with Crippen molar-refractivity contribution in [3.05, 3.63) is 21.9 Å². The Bertz CT molecular complexity index is 204. The molecule has 1 rings (SSSR count). The third-order valence-electron chi connectivity index (χ3n) is 1.65. The second-order valence-corrected chi connectivity index (χ2v) is 2.48. The lowest BCUT2D eigenvalue weighted by atomic mass is 10.0. The van der Waals surface area contributed by atoms with E-state index in [1.807, 2.05) is 0 Å². The van der Waals surface area contributed by atoms with E-state index in [9.17, 15) is 14.5 Å². The van der Waals surface area contributed by atoms with Gasteiger partial charge in [0.1, 0.15) is 6.17 Å². The monoisotopic (exact) mass is 161 g/mol. The summed E-state index contributed by atoms with van der Waals surface area (Å²) in [4.78, 5) is 9.48. The number of halogens is 1. The van der Waals surface area contributed by atoms with E-state index in [1.54, 1.807) is 0 Å². The van der Waals surface area contributed by atoms with Gasteiger partial charge in [-0.25, -0.2) is 4.39 Å². The van der Waals surface area contributed by atoms with Gasteiger partial charge in [0.2, 0.25) is 5.70 Å². The first-order chi connectivity index (χ1) is 5.11. The van der Waals surface area contributed by atoms with Crippen molar-refractivity contribution < 1.29 is 14.4 Å². The van der Waals surface area contributed by atoms with Crippen molar-refractivity contribution in [1.29, 1.82) is 0 Å². The molecule has 11 heavy (non-hydrogen) atoms. The number of rotatable bonds is 1. The molecule has 0 spiro atoms. The van der Waals surface area contributed by atoms with E-state index < -0.39 is 17.2 Å². The lowest BCUT2D eigenvalue weighted by Crippen LogP contribution is -2.26. The van der Waals surface area contributed by atoms with Crippen molar-refractivity contribution >= 4 is 0 Å². The minimum absolute atomic E-state index is 0.0392. The van der Waals surface area contributed by atoms with Crippen LogP contribution in [0, 0.1) is 10.1 Å². The highest BCUT2D eigenvalue weighted by atomic mass is 19.1. The zero-order chi connectivity index (χ0) is 8.43. The highest BCUT2D eigenvalue weighted by Crippen LogP contribution is 2.21. The lowest BCUT2D eigenvalue weighted by molar-refractivity contribution is -0.430. The molecular weight excluding hydrogens is 153 g/mol. The van der Waals surface area contributed by atoms with Gasteiger partial charge < -0.3 is 5.11 Å². The quantitative estimate of drug-likeness (QED) is 0.453. The smallest absolute Gasteiger partial charge is 0.245 e. The molecule has 0 bridgehead atoms. The Morgan fingerprint density at radius 1 is 1.82 bits per heavy atom. The largest absolute Gasteiger partial charge is 0.390 e. The third kappa shape index (κ3) is 1.74. The van der Waals surface area contributed by atoms with Gasteiger partial charge in [0, 0.05) is 6.42 Å². The van der Waals surface area contributed by atoms with Crippen LogP contribution in [0.5, 0.6) is 0 Å². The van der Waals surface area contributed by atoms with Crippen LogP contribution in [0.3, 0.4) is 0 Å². The molecule has 0 amide bonds. The van der Waals surface area contributed by atoms with Crippen LogP contribution in [0.25, 0.3) is 0 Å². The molecule has 5 heteroatoms. The topological polar surface area (TPSA) is 63.4 Å². The zero-order valence-corrected chi connectivity index (χ0v) is 5.74. The van der Waals surface area contributed by atoms with Crippen LogP contribution >= 0.6 is 0 Å². The van der Waals surface area contributed by atoms with E-state index >= 15 is 0 Å². The molecule has 0 aromatic heterocycles. The number of aliphatic hydroxyl groups is 1. The van der Waals surface area contributed by atoms with E-state index in [-0.39, 0.29) is 18.5 Å². The van der Waals surface area contributed by atoms with Crippen molar-refractivity contribution in [2.45, 2.75) is 25.1 Å². The van der Waals surface area contributed by atoms with Crippen molar-refractivity contribution in [2.75, 3.05) is 0 Å². The fourth-order valence-corrected chi connectivity index (χ4v) is 0.973. The lowest BCUT2D eigenvalue weighted by Gasteiger charge is -2.16. The predicted octanol–water partition coefficient (Wildman–Crippen LogP) is 0.640. The second-order valence-electron chi connectivity index (χ2n) is 2.48. The Morgan fingerprint density at radius 2 is 2.45 bits per heavy atom.